The number of halogens is 3. The molecule has 0 bridgehead atoms. The van der Waals surface area contributed by atoms with E-state index in [1.165, 1.54) is 30.9 Å². The van der Waals surface area contributed by atoms with Crippen LogP contribution in [0.2, 0.25) is 0 Å². The number of rotatable bonds is 11. The number of aliphatic hydroxyl groups excluding tert-OH is 1. The molecule has 0 aliphatic rings. The van der Waals surface area contributed by atoms with Gasteiger partial charge >= 0.3 is 6.18 Å². The Bertz CT molecular complexity index is 2500. The van der Waals surface area contributed by atoms with Crippen LogP contribution >= 0.6 is 0 Å². The van der Waals surface area contributed by atoms with Gasteiger partial charge < -0.3 is 9.51 Å². The minimum absolute atomic E-state index is 0. The number of fused-ring (bicyclic) bond motifs is 7. The molecule has 3 aromatic heterocycles. The third kappa shape index (κ3) is 7.84. The number of allylic oxidation sites excluding steroid dienone is 2. The maximum atomic E-state index is 13.9. The van der Waals surface area contributed by atoms with Crippen LogP contribution in [0.1, 0.15) is 98.1 Å². The second-order valence-corrected chi connectivity index (χ2v) is 15.8. The van der Waals surface area contributed by atoms with Gasteiger partial charge in [-0.05, 0) is 55.7 Å². The first kappa shape index (κ1) is 42.9. The van der Waals surface area contributed by atoms with Crippen LogP contribution in [0, 0.1) is 23.3 Å². The smallest absolute Gasteiger partial charge is 0.394 e. The Morgan fingerprint density at radius 2 is 1.43 bits per heavy atom. The zero-order valence-electron chi connectivity index (χ0n) is 33.6. The van der Waals surface area contributed by atoms with Crippen molar-refractivity contribution in [3.63, 3.8) is 0 Å². The van der Waals surface area contributed by atoms with Crippen LogP contribution in [0.4, 0.5) is 13.2 Å². The van der Waals surface area contributed by atoms with E-state index in [-0.39, 0.29) is 49.9 Å². The van der Waals surface area contributed by atoms with E-state index in [1.807, 2.05) is 76.4 Å². The number of pyridine rings is 1. The van der Waals surface area contributed by atoms with Crippen molar-refractivity contribution in [2.75, 3.05) is 0 Å². The number of hydrogen-bond donors (Lipinski definition) is 1. The Kier molecular flexibility index (Phi) is 13.1. The van der Waals surface area contributed by atoms with Gasteiger partial charge in [-0.3, -0.25) is 9.78 Å². The van der Waals surface area contributed by atoms with Gasteiger partial charge in [0.1, 0.15) is 0 Å². The molecule has 7 rings (SSSR count). The Balaban J connectivity index is 0.000000322. The molecule has 297 valence electrons. The number of hydrogen-bond acceptors (Lipinski definition) is 3. The van der Waals surface area contributed by atoms with Crippen LogP contribution in [0.15, 0.2) is 90.8 Å². The van der Waals surface area contributed by atoms with Crippen molar-refractivity contribution in [2.24, 2.45) is 17.3 Å². The molecular formula is C48H52F3IrN2O2-. The standard InChI is InChI=1S/C35H28F3N2.C13H24O2.Ir/c1-20(2)28-18-23(17-21-9-5-6-11-24(21)28)31-33-26(15-16-39-31)25-12-8-13-27-30-22(19-34(3,4)35(36,37)38)10-7-14-29(30)40(33)32(25)27;1-5-10(6-2)12(14)9-13(15)11(7-3)8-4;/h5-16,18,20H,19H2,1-4H3;9-11,14H,5-8H2,1-4H3;/q-1;;/b;12-9-;. The molecule has 0 aliphatic carbocycles. The fraction of sp³-hybridized carbons (Fsp3) is 0.375. The molecule has 1 radical (unpaired) electrons. The van der Waals surface area contributed by atoms with Gasteiger partial charge in [-0.2, -0.15) is 13.2 Å². The molecule has 0 fully saturated rings. The summed E-state index contributed by atoms with van der Waals surface area (Å²) < 4.78 is 44.0. The maximum Gasteiger partial charge on any atom is 0.394 e. The predicted molar refractivity (Wildman–Crippen MR) is 222 cm³/mol. The number of alkyl halides is 3. The Hall–Kier alpha value is -4.26. The molecule has 1 N–H and O–H groups in total. The molecular weight excluding hydrogens is 886 g/mol. The number of carbonyl (C=O) groups is 1. The van der Waals surface area contributed by atoms with Crippen LogP contribution in [-0.4, -0.2) is 26.5 Å². The molecule has 0 saturated carbocycles. The van der Waals surface area contributed by atoms with Crippen LogP contribution < -0.4 is 0 Å². The summed E-state index contributed by atoms with van der Waals surface area (Å²) >= 11 is 0. The predicted octanol–water partition coefficient (Wildman–Crippen LogP) is 14.0. The quantitative estimate of drug-likeness (QED) is 0.0799. The van der Waals surface area contributed by atoms with Crippen molar-refractivity contribution in [3.8, 4) is 11.3 Å². The van der Waals surface area contributed by atoms with Gasteiger partial charge in [0.15, 0.2) is 5.78 Å². The summed E-state index contributed by atoms with van der Waals surface area (Å²) in [6.45, 7) is 15.0. The van der Waals surface area contributed by atoms with Gasteiger partial charge in [0, 0.05) is 77.0 Å². The summed E-state index contributed by atoms with van der Waals surface area (Å²) in [5.74, 6) is 0.858. The van der Waals surface area contributed by atoms with Gasteiger partial charge in [0.2, 0.25) is 0 Å². The van der Waals surface area contributed by atoms with Crippen molar-refractivity contribution in [1.29, 1.82) is 0 Å². The van der Waals surface area contributed by atoms with Crippen LogP contribution in [0.25, 0.3) is 60.1 Å². The molecule has 56 heavy (non-hydrogen) atoms. The van der Waals surface area contributed by atoms with Gasteiger partial charge in [-0.15, -0.1) is 29.1 Å². The van der Waals surface area contributed by atoms with Gasteiger partial charge in [0.25, 0.3) is 0 Å². The number of nitrogens with zero attached hydrogens (tertiary/aromatic N) is 2. The zero-order chi connectivity index (χ0) is 39.8. The topological polar surface area (TPSA) is 54.6 Å². The number of aromatic nitrogens is 2. The fourth-order valence-electron chi connectivity index (χ4n) is 8.10. The summed E-state index contributed by atoms with van der Waals surface area (Å²) in [7, 11) is 0. The maximum absolute atomic E-state index is 13.9. The van der Waals surface area contributed by atoms with E-state index in [4.69, 9.17) is 4.98 Å². The largest absolute Gasteiger partial charge is 0.512 e. The van der Waals surface area contributed by atoms with Gasteiger partial charge in [-0.1, -0.05) is 115 Å². The van der Waals surface area contributed by atoms with E-state index in [2.05, 4.69) is 54.6 Å². The molecule has 4 nitrogen and oxygen atoms in total. The minimum atomic E-state index is -4.31. The first-order valence-corrected chi connectivity index (χ1v) is 19.7. The fourth-order valence-corrected chi connectivity index (χ4v) is 8.10. The molecule has 0 aliphatic heterocycles. The van der Waals surface area contributed by atoms with Crippen LogP contribution in [0.5, 0.6) is 0 Å². The minimum Gasteiger partial charge on any atom is -0.512 e. The van der Waals surface area contributed by atoms with Crippen LogP contribution in [0.3, 0.4) is 0 Å². The zero-order valence-corrected chi connectivity index (χ0v) is 36.0. The third-order valence-corrected chi connectivity index (χ3v) is 11.5. The molecule has 0 saturated heterocycles. The van der Waals surface area contributed by atoms with E-state index in [0.29, 0.717) is 11.5 Å². The van der Waals surface area contributed by atoms with Crippen molar-refractivity contribution < 1.29 is 43.2 Å². The summed E-state index contributed by atoms with van der Waals surface area (Å²) in [4.78, 5) is 16.6. The van der Waals surface area contributed by atoms with Crippen molar-refractivity contribution in [2.45, 2.75) is 99.6 Å². The molecule has 7 aromatic rings. The SMILES string of the molecule is CC(C)c1cc(-c2nccc3c4cccc5c6c(CC(C)(C)C(F)(F)F)cccc6n(c23)c45)[c-]c2ccccc12.CCC(CC)C(=O)/C=C(\O)C(CC)CC.[Ir]. The summed E-state index contributed by atoms with van der Waals surface area (Å²) in [6, 6.07) is 28.0. The second kappa shape index (κ2) is 17.1. The first-order chi connectivity index (χ1) is 26.2. The van der Waals surface area contributed by atoms with Crippen molar-refractivity contribution in [1.82, 2.24) is 9.38 Å². The van der Waals surface area contributed by atoms with Crippen molar-refractivity contribution >= 4 is 54.7 Å². The molecule has 3 heterocycles. The normalized spacial score (nSPS) is 12.8. The third-order valence-electron chi connectivity index (χ3n) is 11.5. The van der Waals surface area contributed by atoms with E-state index < -0.39 is 11.6 Å². The molecule has 4 aromatic carbocycles. The number of benzene rings is 4. The molecule has 0 amide bonds. The van der Waals surface area contributed by atoms with E-state index >= 15 is 0 Å². The number of para-hydroxylation sites is 1. The summed E-state index contributed by atoms with van der Waals surface area (Å²) in [5, 5.41) is 16.0. The van der Waals surface area contributed by atoms with E-state index in [9.17, 15) is 23.1 Å². The number of carbonyl (C=O) groups excluding carboxylic acids is 1. The number of ketones is 1. The summed E-state index contributed by atoms with van der Waals surface area (Å²) in [6.07, 6.45) is 2.35. The van der Waals surface area contributed by atoms with Crippen LogP contribution in [-0.2, 0) is 31.3 Å². The molecule has 0 atom stereocenters. The number of aliphatic hydroxyl groups is 1. The molecule has 0 unspecified atom stereocenters. The Morgan fingerprint density at radius 1 is 0.821 bits per heavy atom. The van der Waals surface area contributed by atoms with E-state index in [1.54, 1.807) is 0 Å². The average molecular weight is 938 g/mol. The second-order valence-electron chi connectivity index (χ2n) is 15.8. The Labute approximate surface area is 341 Å². The van der Waals surface area contributed by atoms with Gasteiger partial charge in [0.05, 0.1) is 22.2 Å². The average Bonchev–Trinajstić information content (AvgIpc) is 3.68. The monoisotopic (exact) mass is 938 g/mol. The summed E-state index contributed by atoms with van der Waals surface area (Å²) in [5.41, 5.74) is 4.69. The van der Waals surface area contributed by atoms with Gasteiger partial charge in [-0.25, -0.2) is 0 Å². The molecule has 8 heteroatoms. The van der Waals surface area contributed by atoms with E-state index in [0.717, 1.165) is 80.4 Å². The Morgan fingerprint density at radius 3 is 2.07 bits per heavy atom. The first-order valence-electron chi connectivity index (χ1n) is 19.7. The van der Waals surface area contributed by atoms with Crippen molar-refractivity contribution in [3.05, 3.63) is 108 Å². The molecule has 0 spiro atoms.